The van der Waals surface area contributed by atoms with Crippen molar-refractivity contribution >= 4 is 38.7 Å². The summed E-state index contributed by atoms with van der Waals surface area (Å²) in [6.45, 7) is 0. The van der Waals surface area contributed by atoms with Crippen molar-refractivity contribution in [3.8, 4) is 5.75 Å². The zero-order valence-corrected chi connectivity index (χ0v) is 14.0. The van der Waals surface area contributed by atoms with Crippen molar-refractivity contribution in [2.24, 2.45) is 0 Å². The molecule has 0 aliphatic rings. The third-order valence-electron chi connectivity index (χ3n) is 3.52. The topological polar surface area (TPSA) is 34.2 Å². The average molecular weight is 358 g/mol. The first-order chi connectivity index (χ1) is 10.7. The van der Waals surface area contributed by atoms with Crippen LogP contribution in [-0.4, -0.2) is 19.2 Å². The van der Waals surface area contributed by atoms with Crippen LogP contribution in [0, 0.1) is 0 Å². The largest absolute Gasteiger partial charge is 0.497 e. The first kappa shape index (κ1) is 14.7. The molecule has 1 N–H and O–H groups in total. The van der Waals surface area contributed by atoms with E-state index in [9.17, 15) is 0 Å². The van der Waals surface area contributed by atoms with Crippen LogP contribution in [0.4, 0.5) is 0 Å². The van der Waals surface area contributed by atoms with E-state index in [1.807, 2.05) is 48.5 Å². The number of fused-ring (bicyclic) bond motifs is 1. The van der Waals surface area contributed by atoms with Crippen LogP contribution >= 0.6 is 15.9 Å². The lowest BCUT2D eigenvalue weighted by Crippen LogP contribution is -1.89. The Kier molecular flexibility index (Phi) is 4.20. The Hall–Kier alpha value is -2.20. The molecule has 0 unspecified atom stereocenters. The van der Waals surface area contributed by atoms with E-state index < -0.39 is 0 Å². The fourth-order valence-electron chi connectivity index (χ4n) is 2.36. The summed E-state index contributed by atoms with van der Waals surface area (Å²) in [6, 6.07) is 16.0. The van der Waals surface area contributed by atoms with Crippen LogP contribution in [0.25, 0.3) is 22.7 Å². The van der Waals surface area contributed by atoms with Gasteiger partial charge in [-0.3, -0.25) is 0 Å². The number of aromatic nitrogens is 1. The number of rotatable bonds is 4. The van der Waals surface area contributed by atoms with Crippen molar-refractivity contribution in [3.63, 3.8) is 0 Å². The lowest BCUT2D eigenvalue weighted by molar-refractivity contribution is 0.371. The number of benzene rings is 2. The molecule has 1 aromatic heterocycles. The highest BCUT2D eigenvalue weighted by Crippen LogP contribution is 2.33. The molecular formula is C18H16BrNO2. The van der Waals surface area contributed by atoms with Crippen molar-refractivity contribution in [2.75, 3.05) is 14.2 Å². The molecular weight excluding hydrogens is 342 g/mol. The van der Waals surface area contributed by atoms with Gasteiger partial charge in [0.1, 0.15) is 11.5 Å². The Morgan fingerprint density at radius 1 is 1.05 bits per heavy atom. The molecule has 4 heteroatoms. The zero-order chi connectivity index (χ0) is 15.5. The Morgan fingerprint density at radius 3 is 2.41 bits per heavy atom. The van der Waals surface area contributed by atoms with Gasteiger partial charge in [-0.2, -0.15) is 0 Å². The summed E-state index contributed by atoms with van der Waals surface area (Å²) in [5.74, 6) is 1.61. The maximum absolute atomic E-state index is 5.58. The van der Waals surface area contributed by atoms with E-state index in [-0.39, 0.29) is 0 Å². The van der Waals surface area contributed by atoms with Gasteiger partial charge in [0, 0.05) is 10.9 Å². The monoisotopic (exact) mass is 357 g/mol. The number of aromatic amines is 1. The molecule has 0 bridgehead atoms. The van der Waals surface area contributed by atoms with Crippen LogP contribution in [-0.2, 0) is 4.74 Å². The van der Waals surface area contributed by atoms with Crippen LogP contribution in [0.1, 0.15) is 11.3 Å². The summed E-state index contributed by atoms with van der Waals surface area (Å²) < 4.78 is 11.8. The number of ether oxygens (including phenoxy) is 2. The quantitative estimate of drug-likeness (QED) is 0.660. The predicted octanol–water partition coefficient (Wildman–Crippen LogP) is 5.08. The van der Waals surface area contributed by atoms with Crippen LogP contribution in [0.15, 0.2) is 53.0 Å². The van der Waals surface area contributed by atoms with Gasteiger partial charge < -0.3 is 14.5 Å². The summed E-state index contributed by atoms with van der Waals surface area (Å²) in [5.41, 5.74) is 3.05. The minimum absolute atomic E-state index is 0.772. The summed E-state index contributed by atoms with van der Waals surface area (Å²) >= 11 is 3.66. The number of para-hydroxylation sites is 1. The van der Waals surface area contributed by atoms with Crippen LogP contribution in [0.2, 0.25) is 0 Å². The van der Waals surface area contributed by atoms with Gasteiger partial charge in [-0.25, -0.2) is 0 Å². The first-order valence-electron chi connectivity index (χ1n) is 6.89. The van der Waals surface area contributed by atoms with Crippen molar-refractivity contribution in [3.05, 3.63) is 64.3 Å². The molecule has 0 aliphatic carbocycles. The summed E-state index contributed by atoms with van der Waals surface area (Å²) in [6.07, 6.45) is 1.99. The van der Waals surface area contributed by atoms with E-state index >= 15 is 0 Å². The SMILES string of the molecule is CO/C(=C\c1ccc(OC)cc1)c1[nH]c2ccccc2c1Br. The maximum Gasteiger partial charge on any atom is 0.144 e. The number of nitrogens with one attached hydrogen (secondary N) is 1. The zero-order valence-electron chi connectivity index (χ0n) is 12.4. The molecule has 112 valence electrons. The predicted molar refractivity (Wildman–Crippen MR) is 93.9 cm³/mol. The minimum atomic E-state index is 0.772. The molecule has 2 aromatic carbocycles. The van der Waals surface area contributed by atoms with Crippen molar-refractivity contribution < 1.29 is 9.47 Å². The fraction of sp³-hybridized carbons (Fsp3) is 0.111. The summed E-state index contributed by atoms with van der Waals surface area (Å²) in [7, 11) is 3.33. The molecule has 0 saturated carbocycles. The van der Waals surface area contributed by atoms with Crippen molar-refractivity contribution in [1.29, 1.82) is 0 Å². The Labute approximate surface area is 137 Å². The third-order valence-corrected chi connectivity index (χ3v) is 4.35. The number of methoxy groups -OCH3 is 2. The smallest absolute Gasteiger partial charge is 0.144 e. The second kappa shape index (κ2) is 6.28. The van der Waals surface area contributed by atoms with Crippen molar-refractivity contribution in [1.82, 2.24) is 4.98 Å². The van der Waals surface area contributed by atoms with Gasteiger partial charge in [0.05, 0.1) is 24.4 Å². The lowest BCUT2D eigenvalue weighted by Gasteiger charge is -2.06. The summed E-state index contributed by atoms with van der Waals surface area (Å²) in [5, 5.41) is 1.13. The highest BCUT2D eigenvalue weighted by atomic mass is 79.9. The van der Waals surface area contributed by atoms with Gasteiger partial charge in [-0.15, -0.1) is 0 Å². The van der Waals surface area contributed by atoms with E-state index in [0.717, 1.165) is 38.1 Å². The Balaban J connectivity index is 2.04. The fourth-order valence-corrected chi connectivity index (χ4v) is 3.00. The number of hydrogen-bond acceptors (Lipinski definition) is 2. The van der Waals surface area contributed by atoms with Crippen LogP contribution in [0.5, 0.6) is 5.75 Å². The molecule has 0 saturated heterocycles. The van der Waals surface area contributed by atoms with Gasteiger partial charge >= 0.3 is 0 Å². The van der Waals surface area contributed by atoms with Gasteiger partial charge in [-0.1, -0.05) is 30.3 Å². The van der Waals surface area contributed by atoms with Crippen LogP contribution in [0.3, 0.4) is 0 Å². The molecule has 3 aromatic rings. The van der Waals surface area contributed by atoms with Crippen molar-refractivity contribution in [2.45, 2.75) is 0 Å². The van der Waals surface area contributed by atoms with E-state index in [1.165, 1.54) is 0 Å². The maximum atomic E-state index is 5.58. The molecule has 0 atom stereocenters. The van der Waals surface area contributed by atoms with E-state index in [1.54, 1.807) is 14.2 Å². The number of hydrogen-bond donors (Lipinski definition) is 1. The van der Waals surface area contributed by atoms with Gasteiger partial charge in [0.15, 0.2) is 0 Å². The van der Waals surface area contributed by atoms with E-state index in [4.69, 9.17) is 9.47 Å². The highest BCUT2D eigenvalue weighted by Gasteiger charge is 2.13. The molecule has 0 aliphatic heterocycles. The molecule has 0 spiro atoms. The minimum Gasteiger partial charge on any atom is -0.497 e. The Morgan fingerprint density at radius 2 is 1.77 bits per heavy atom. The molecule has 1 heterocycles. The normalized spacial score (nSPS) is 11.7. The molecule has 3 nitrogen and oxygen atoms in total. The lowest BCUT2D eigenvalue weighted by atomic mass is 10.1. The van der Waals surface area contributed by atoms with Crippen LogP contribution < -0.4 is 4.74 Å². The number of halogens is 1. The second-order valence-corrected chi connectivity index (χ2v) is 5.64. The van der Waals surface area contributed by atoms with E-state index in [2.05, 4.69) is 27.0 Å². The molecule has 0 radical (unpaired) electrons. The van der Waals surface area contributed by atoms with Gasteiger partial charge in [0.2, 0.25) is 0 Å². The third kappa shape index (κ3) is 2.74. The summed E-state index contributed by atoms with van der Waals surface area (Å²) in [4.78, 5) is 3.39. The average Bonchev–Trinajstić information content (AvgIpc) is 2.90. The number of H-pyrrole nitrogens is 1. The Bertz CT molecular complexity index is 819. The first-order valence-corrected chi connectivity index (χ1v) is 7.68. The molecule has 0 fully saturated rings. The molecule has 3 rings (SSSR count). The standard InChI is InChI=1S/C18H16BrNO2/c1-21-13-9-7-12(8-10-13)11-16(22-2)18-17(19)14-5-3-4-6-15(14)20-18/h3-11,20H,1-2H3/b16-11-. The van der Waals surface area contributed by atoms with E-state index in [0.29, 0.717) is 0 Å². The molecule has 0 amide bonds. The van der Waals surface area contributed by atoms with Gasteiger partial charge in [0.25, 0.3) is 0 Å². The highest BCUT2D eigenvalue weighted by molar-refractivity contribution is 9.10. The second-order valence-electron chi connectivity index (χ2n) is 4.85. The molecule has 22 heavy (non-hydrogen) atoms. The van der Waals surface area contributed by atoms with Gasteiger partial charge in [-0.05, 0) is 45.8 Å².